The van der Waals surface area contributed by atoms with Crippen molar-refractivity contribution in [1.82, 2.24) is 4.98 Å². The summed E-state index contributed by atoms with van der Waals surface area (Å²) < 4.78 is 80.9. The molecule has 23 heavy (non-hydrogen) atoms. The zero-order chi connectivity index (χ0) is 17.3. The minimum Gasteiger partial charge on any atom is -0.473 e. The molecule has 1 aromatic rings. The lowest BCUT2D eigenvalue weighted by atomic mass is 9.87. The fourth-order valence-electron chi connectivity index (χ4n) is 2.44. The van der Waals surface area contributed by atoms with Gasteiger partial charge in [0.2, 0.25) is 5.88 Å². The molecule has 0 bridgehead atoms. The molecule has 0 spiro atoms. The van der Waals surface area contributed by atoms with E-state index in [1.165, 1.54) is 0 Å². The molecule has 0 unspecified atom stereocenters. The third-order valence-corrected chi connectivity index (χ3v) is 3.69. The van der Waals surface area contributed by atoms with Gasteiger partial charge in [0.1, 0.15) is 23.4 Å². The number of hydrogen-bond acceptors (Lipinski definition) is 3. The maximum atomic E-state index is 12.6. The summed E-state index contributed by atoms with van der Waals surface area (Å²) in [4.78, 5) is 3.28. The smallest absolute Gasteiger partial charge is 0.433 e. The van der Waals surface area contributed by atoms with Gasteiger partial charge in [-0.15, -0.1) is 0 Å². The summed E-state index contributed by atoms with van der Waals surface area (Å²) in [6, 6.07) is 3.26. The highest BCUT2D eigenvalue weighted by molar-refractivity contribution is 5.39. The normalized spacial score (nSPS) is 22.5. The van der Waals surface area contributed by atoms with Crippen LogP contribution in [0.15, 0.2) is 12.1 Å². The van der Waals surface area contributed by atoms with Crippen molar-refractivity contribution in [2.24, 2.45) is 5.92 Å². The van der Waals surface area contributed by atoms with Crippen LogP contribution in [-0.2, 0) is 6.18 Å². The van der Waals surface area contributed by atoms with Crippen LogP contribution in [0.3, 0.4) is 0 Å². The predicted molar refractivity (Wildman–Crippen MR) is 66.4 cm³/mol. The summed E-state index contributed by atoms with van der Waals surface area (Å²) in [5.41, 5.74) is -1.40. The Morgan fingerprint density at radius 1 is 1.04 bits per heavy atom. The van der Waals surface area contributed by atoms with E-state index in [9.17, 15) is 26.3 Å². The average Bonchev–Trinajstić information content (AvgIpc) is 2.46. The van der Waals surface area contributed by atoms with Crippen LogP contribution in [0.25, 0.3) is 0 Å². The molecule has 1 saturated carbocycles. The topological polar surface area (TPSA) is 45.9 Å². The van der Waals surface area contributed by atoms with Crippen molar-refractivity contribution in [2.45, 2.75) is 44.1 Å². The first-order chi connectivity index (χ1) is 10.6. The van der Waals surface area contributed by atoms with Crippen LogP contribution < -0.4 is 4.74 Å². The van der Waals surface area contributed by atoms with Crippen LogP contribution in [0.2, 0.25) is 0 Å². The molecular formula is C14H12F6N2O. The number of rotatable bonds is 2. The van der Waals surface area contributed by atoms with Gasteiger partial charge >= 0.3 is 12.4 Å². The van der Waals surface area contributed by atoms with Crippen LogP contribution in [0.5, 0.6) is 5.88 Å². The Morgan fingerprint density at radius 3 is 2.13 bits per heavy atom. The van der Waals surface area contributed by atoms with Crippen LogP contribution in [0, 0.1) is 17.2 Å². The second-order valence-electron chi connectivity index (χ2n) is 5.29. The number of nitriles is 1. The SMILES string of the molecule is N#Cc1ccc(C(F)(F)F)nc1OC1CCC(C(F)(F)F)CC1. The minimum atomic E-state index is -4.69. The van der Waals surface area contributed by atoms with Gasteiger partial charge in [0.15, 0.2) is 0 Å². The predicted octanol–water partition coefficient (Wildman–Crippen LogP) is 4.47. The van der Waals surface area contributed by atoms with E-state index in [1.807, 2.05) is 0 Å². The molecule has 0 radical (unpaired) electrons. The molecule has 3 nitrogen and oxygen atoms in total. The van der Waals surface area contributed by atoms with Gasteiger partial charge in [0.25, 0.3) is 0 Å². The van der Waals surface area contributed by atoms with Gasteiger partial charge in [-0.05, 0) is 37.8 Å². The number of alkyl halides is 6. The Morgan fingerprint density at radius 2 is 1.65 bits per heavy atom. The van der Waals surface area contributed by atoms with Crippen molar-refractivity contribution in [3.8, 4) is 11.9 Å². The first-order valence-electron chi connectivity index (χ1n) is 6.83. The zero-order valence-electron chi connectivity index (χ0n) is 11.7. The highest BCUT2D eigenvalue weighted by Gasteiger charge is 2.42. The monoisotopic (exact) mass is 338 g/mol. The molecule has 2 rings (SSSR count). The number of nitrogens with zero attached hydrogens (tertiary/aromatic N) is 2. The lowest BCUT2D eigenvalue weighted by Gasteiger charge is -2.30. The third-order valence-electron chi connectivity index (χ3n) is 3.69. The van der Waals surface area contributed by atoms with E-state index in [2.05, 4.69) is 4.98 Å². The fraction of sp³-hybridized carbons (Fsp3) is 0.571. The van der Waals surface area contributed by atoms with E-state index in [-0.39, 0.29) is 31.2 Å². The molecule has 0 aliphatic heterocycles. The van der Waals surface area contributed by atoms with Crippen LogP contribution in [0.4, 0.5) is 26.3 Å². The van der Waals surface area contributed by atoms with E-state index in [1.54, 1.807) is 6.07 Å². The van der Waals surface area contributed by atoms with Crippen molar-refractivity contribution in [1.29, 1.82) is 5.26 Å². The van der Waals surface area contributed by atoms with Crippen molar-refractivity contribution in [2.75, 3.05) is 0 Å². The molecule has 1 heterocycles. The molecule has 1 aliphatic carbocycles. The lowest BCUT2D eigenvalue weighted by Crippen LogP contribution is -2.32. The molecule has 9 heteroatoms. The van der Waals surface area contributed by atoms with Crippen LogP contribution in [-0.4, -0.2) is 17.3 Å². The number of halogens is 6. The zero-order valence-corrected chi connectivity index (χ0v) is 11.7. The van der Waals surface area contributed by atoms with Gasteiger partial charge in [-0.3, -0.25) is 0 Å². The first-order valence-corrected chi connectivity index (χ1v) is 6.83. The molecule has 0 amide bonds. The minimum absolute atomic E-state index is 0.0486. The molecule has 0 N–H and O–H groups in total. The molecule has 1 aliphatic rings. The third kappa shape index (κ3) is 4.27. The molecular weight excluding hydrogens is 326 g/mol. The van der Waals surface area contributed by atoms with Crippen LogP contribution >= 0.6 is 0 Å². The lowest BCUT2D eigenvalue weighted by molar-refractivity contribution is -0.185. The highest BCUT2D eigenvalue weighted by Crippen LogP contribution is 2.39. The first kappa shape index (κ1) is 17.4. The highest BCUT2D eigenvalue weighted by atomic mass is 19.4. The van der Waals surface area contributed by atoms with Gasteiger partial charge in [0.05, 0.1) is 5.92 Å². The van der Waals surface area contributed by atoms with Crippen molar-refractivity contribution in [3.63, 3.8) is 0 Å². The summed E-state index contributed by atoms with van der Waals surface area (Å²) in [5.74, 6) is -1.91. The quantitative estimate of drug-likeness (QED) is 0.747. The maximum Gasteiger partial charge on any atom is 0.433 e. The Hall–Kier alpha value is -1.98. The standard InChI is InChI=1S/C14H12F6N2O/c15-13(16,17)9-2-4-10(5-3-9)23-12-8(7-21)1-6-11(22-12)14(18,19)20/h1,6,9-10H,2-5H2. The summed E-state index contributed by atoms with van der Waals surface area (Å²) >= 11 is 0. The molecule has 0 aromatic carbocycles. The number of ether oxygens (including phenoxy) is 1. The number of hydrogen-bond donors (Lipinski definition) is 0. The van der Waals surface area contributed by atoms with Gasteiger partial charge in [-0.25, -0.2) is 4.98 Å². The van der Waals surface area contributed by atoms with Gasteiger partial charge in [-0.2, -0.15) is 31.6 Å². The molecule has 1 fully saturated rings. The van der Waals surface area contributed by atoms with Crippen molar-refractivity contribution in [3.05, 3.63) is 23.4 Å². The Kier molecular flexibility index (Phi) is 4.73. The van der Waals surface area contributed by atoms with Crippen LogP contribution in [0.1, 0.15) is 36.9 Å². The number of pyridine rings is 1. The summed E-state index contributed by atoms with van der Waals surface area (Å²) in [6.07, 6.45) is -9.88. The summed E-state index contributed by atoms with van der Waals surface area (Å²) in [6.45, 7) is 0. The summed E-state index contributed by atoms with van der Waals surface area (Å²) in [7, 11) is 0. The number of aromatic nitrogens is 1. The van der Waals surface area contributed by atoms with E-state index >= 15 is 0 Å². The molecule has 0 saturated heterocycles. The van der Waals surface area contributed by atoms with Gasteiger partial charge in [0, 0.05) is 0 Å². The van der Waals surface area contributed by atoms with Crippen molar-refractivity contribution >= 4 is 0 Å². The van der Waals surface area contributed by atoms with E-state index in [4.69, 9.17) is 10.00 Å². The fourth-order valence-corrected chi connectivity index (χ4v) is 2.44. The van der Waals surface area contributed by atoms with E-state index < -0.39 is 35.9 Å². The Bertz CT molecular complexity index is 597. The second kappa shape index (κ2) is 6.26. The van der Waals surface area contributed by atoms with E-state index in [0.717, 1.165) is 6.07 Å². The Labute approximate surface area is 127 Å². The molecule has 1 aromatic heterocycles. The second-order valence-corrected chi connectivity index (χ2v) is 5.29. The van der Waals surface area contributed by atoms with Gasteiger partial charge in [-0.1, -0.05) is 0 Å². The maximum absolute atomic E-state index is 12.6. The van der Waals surface area contributed by atoms with Crippen molar-refractivity contribution < 1.29 is 31.1 Å². The Balaban J connectivity index is 2.10. The summed E-state index contributed by atoms with van der Waals surface area (Å²) in [5, 5.41) is 8.89. The molecule has 0 atom stereocenters. The average molecular weight is 338 g/mol. The molecule has 126 valence electrons. The largest absolute Gasteiger partial charge is 0.473 e. The van der Waals surface area contributed by atoms with Gasteiger partial charge < -0.3 is 4.74 Å². The van der Waals surface area contributed by atoms with E-state index in [0.29, 0.717) is 6.07 Å².